The monoisotopic (exact) mass is 349 g/mol. The van der Waals surface area contributed by atoms with E-state index in [2.05, 4.69) is 21.3 Å². The first-order valence-electron chi connectivity index (χ1n) is 9.79. The van der Waals surface area contributed by atoms with Crippen LogP contribution in [0.3, 0.4) is 0 Å². The Morgan fingerprint density at radius 3 is 2.50 bits per heavy atom. The van der Waals surface area contributed by atoms with Crippen LogP contribution < -0.4 is 0 Å². The molecule has 4 nitrogen and oxygen atoms in total. The Morgan fingerprint density at radius 2 is 1.77 bits per heavy atom. The quantitative estimate of drug-likeness (QED) is 0.622. The fraction of sp³-hybridized carbons (Fsp3) is 0.455. The molecule has 1 aromatic heterocycles. The summed E-state index contributed by atoms with van der Waals surface area (Å²) in [7, 11) is 4.04. The number of fused-ring (bicyclic) bond motifs is 2. The van der Waals surface area contributed by atoms with Crippen molar-refractivity contribution in [1.29, 1.82) is 0 Å². The molecule has 0 amide bonds. The van der Waals surface area contributed by atoms with Crippen molar-refractivity contribution in [3.8, 4) is 0 Å². The lowest BCUT2D eigenvalue weighted by atomic mass is 9.84. The molecule has 0 radical (unpaired) electrons. The highest BCUT2D eigenvalue weighted by Gasteiger charge is 2.44. The lowest BCUT2D eigenvalue weighted by Crippen LogP contribution is -2.26. The number of Topliss-reactive ketones (excluding diaryl/α,β-unsaturated/α-hetero) is 1. The van der Waals surface area contributed by atoms with Gasteiger partial charge < -0.3 is 9.67 Å². The Labute approximate surface area is 153 Å². The van der Waals surface area contributed by atoms with Crippen molar-refractivity contribution in [2.75, 3.05) is 7.05 Å². The van der Waals surface area contributed by atoms with Crippen LogP contribution >= 0.6 is 0 Å². The van der Waals surface area contributed by atoms with Crippen molar-refractivity contribution in [2.45, 2.75) is 51.4 Å². The molecule has 0 unspecified atom stereocenters. The molecule has 0 atom stereocenters. The molecular formula is C22H25N2O2+. The number of allylic oxidation sites excluding steroid dienone is 4. The van der Waals surface area contributed by atoms with Gasteiger partial charge in [-0.3, -0.25) is 4.79 Å². The molecule has 1 fully saturated rings. The molecule has 0 aromatic carbocycles. The lowest BCUT2D eigenvalue weighted by Gasteiger charge is -2.22. The van der Waals surface area contributed by atoms with Crippen LogP contribution in [0, 0.1) is 0 Å². The SMILES string of the molecule is Cn1c(C2=C(O)/C(=C3\C=C4CCCCC4=[N+]3C)C2=O)cc2c1CCCC2. The molecule has 1 aromatic rings. The number of aliphatic hydroxyl groups is 1. The smallest absolute Gasteiger partial charge is 0.220 e. The Hall–Kier alpha value is -2.36. The zero-order valence-corrected chi connectivity index (χ0v) is 15.6. The van der Waals surface area contributed by atoms with Crippen LogP contribution in [0.5, 0.6) is 0 Å². The highest BCUT2D eigenvalue weighted by atomic mass is 16.3. The van der Waals surface area contributed by atoms with E-state index in [0.717, 1.165) is 37.1 Å². The summed E-state index contributed by atoms with van der Waals surface area (Å²) in [5, 5.41) is 10.8. The molecule has 3 aliphatic carbocycles. The van der Waals surface area contributed by atoms with E-state index in [4.69, 9.17) is 0 Å². The minimum atomic E-state index is -0.0154. The Morgan fingerprint density at radius 1 is 1.04 bits per heavy atom. The van der Waals surface area contributed by atoms with Gasteiger partial charge in [-0.1, -0.05) is 0 Å². The van der Waals surface area contributed by atoms with E-state index in [-0.39, 0.29) is 11.5 Å². The Balaban J connectivity index is 1.61. The van der Waals surface area contributed by atoms with Gasteiger partial charge in [-0.05, 0) is 56.6 Å². The maximum atomic E-state index is 13.0. The standard InChI is InChI=1S/C22H24N2O2/c1-23-15-9-5-3-7-13(15)11-17(23)19-21(25)20(22(19)26)18-12-14-8-4-6-10-16(14)24(18)2/h11-12H,3-10H2,1-2H3/p+1. The van der Waals surface area contributed by atoms with Crippen molar-refractivity contribution >= 4 is 17.1 Å². The van der Waals surface area contributed by atoms with Crippen LogP contribution in [0.2, 0.25) is 0 Å². The second-order valence-electron chi connectivity index (χ2n) is 7.96. The van der Waals surface area contributed by atoms with Gasteiger partial charge in [0.2, 0.25) is 11.5 Å². The van der Waals surface area contributed by atoms with Gasteiger partial charge in [-0.2, -0.15) is 4.58 Å². The van der Waals surface area contributed by atoms with Gasteiger partial charge in [0.15, 0.2) is 5.71 Å². The summed E-state index contributed by atoms with van der Waals surface area (Å²) in [4.78, 5) is 13.0. The molecule has 2 heterocycles. The first-order chi connectivity index (χ1) is 12.6. The number of aliphatic hydroxyl groups excluding tert-OH is 1. The zero-order valence-electron chi connectivity index (χ0n) is 15.6. The van der Waals surface area contributed by atoms with Crippen molar-refractivity contribution in [3.05, 3.63) is 51.7 Å². The average Bonchev–Trinajstić information content (AvgIpc) is 3.14. The number of nitrogens with zero attached hydrogens (tertiary/aromatic N) is 2. The Kier molecular flexibility index (Phi) is 3.40. The van der Waals surface area contributed by atoms with Crippen molar-refractivity contribution in [3.63, 3.8) is 0 Å². The number of aromatic nitrogens is 1. The number of rotatable bonds is 1. The van der Waals surface area contributed by atoms with Crippen LogP contribution in [-0.2, 0) is 24.7 Å². The second-order valence-corrected chi connectivity index (χ2v) is 7.96. The van der Waals surface area contributed by atoms with Crippen molar-refractivity contribution in [1.82, 2.24) is 4.57 Å². The molecule has 1 saturated carbocycles. The van der Waals surface area contributed by atoms with Gasteiger partial charge in [-0.25, -0.2) is 0 Å². The molecule has 0 bridgehead atoms. The van der Waals surface area contributed by atoms with Gasteiger partial charge in [0, 0.05) is 30.8 Å². The van der Waals surface area contributed by atoms with Gasteiger partial charge in [0.05, 0.1) is 11.3 Å². The Bertz CT molecular complexity index is 982. The summed E-state index contributed by atoms with van der Waals surface area (Å²) in [6, 6.07) is 2.12. The predicted octanol–water partition coefficient (Wildman–Crippen LogP) is 3.61. The minimum Gasteiger partial charge on any atom is -0.506 e. The summed E-state index contributed by atoms with van der Waals surface area (Å²) in [5.74, 6) is 0.157. The zero-order chi connectivity index (χ0) is 18.0. The first-order valence-corrected chi connectivity index (χ1v) is 9.79. The van der Waals surface area contributed by atoms with Crippen LogP contribution in [0.25, 0.3) is 5.57 Å². The highest BCUT2D eigenvalue weighted by Crippen LogP contribution is 2.42. The third-order valence-electron chi connectivity index (χ3n) is 6.56. The topological polar surface area (TPSA) is 45.2 Å². The molecule has 1 N–H and O–H groups in total. The molecule has 4 aliphatic rings. The van der Waals surface area contributed by atoms with E-state index in [0.29, 0.717) is 11.1 Å². The fourth-order valence-corrected chi connectivity index (χ4v) is 5.07. The van der Waals surface area contributed by atoms with E-state index >= 15 is 0 Å². The molecule has 1 aliphatic heterocycles. The van der Waals surface area contributed by atoms with Gasteiger partial charge in [-0.15, -0.1) is 0 Å². The summed E-state index contributed by atoms with van der Waals surface area (Å²) < 4.78 is 4.23. The number of hydrogen-bond acceptors (Lipinski definition) is 2. The second kappa shape index (κ2) is 5.57. The summed E-state index contributed by atoms with van der Waals surface area (Å²) in [6.45, 7) is 0. The molecule has 5 rings (SSSR count). The molecule has 26 heavy (non-hydrogen) atoms. The van der Waals surface area contributed by atoms with E-state index in [1.165, 1.54) is 48.2 Å². The van der Waals surface area contributed by atoms with E-state index in [1.807, 2.05) is 14.1 Å². The molecule has 134 valence electrons. The molecule has 4 heteroatoms. The predicted molar refractivity (Wildman–Crippen MR) is 101 cm³/mol. The number of carbonyl (C=O) groups excluding carboxylic acids is 1. The summed E-state index contributed by atoms with van der Waals surface area (Å²) >= 11 is 0. The highest BCUT2D eigenvalue weighted by molar-refractivity contribution is 6.39. The summed E-state index contributed by atoms with van der Waals surface area (Å²) in [5.41, 5.74) is 8.06. The molecular weight excluding hydrogens is 324 g/mol. The largest absolute Gasteiger partial charge is 0.506 e. The van der Waals surface area contributed by atoms with Gasteiger partial charge in [0.1, 0.15) is 18.4 Å². The minimum absolute atomic E-state index is 0.0154. The maximum absolute atomic E-state index is 13.0. The van der Waals surface area contributed by atoms with Crippen molar-refractivity contribution < 1.29 is 14.5 Å². The van der Waals surface area contributed by atoms with Gasteiger partial charge in [0.25, 0.3) is 0 Å². The molecule has 0 spiro atoms. The number of ketones is 1. The lowest BCUT2D eigenvalue weighted by molar-refractivity contribution is -0.436. The number of likely N-dealkylation sites (N-methyl/N-ethyl adjacent to an activating group) is 1. The van der Waals surface area contributed by atoms with E-state index < -0.39 is 0 Å². The van der Waals surface area contributed by atoms with Crippen LogP contribution in [-0.4, -0.2) is 32.8 Å². The van der Waals surface area contributed by atoms with Crippen LogP contribution in [0.1, 0.15) is 55.5 Å². The third-order valence-corrected chi connectivity index (χ3v) is 6.56. The van der Waals surface area contributed by atoms with E-state index in [9.17, 15) is 9.90 Å². The maximum Gasteiger partial charge on any atom is 0.220 e. The average molecular weight is 349 g/mol. The first kappa shape index (κ1) is 15.9. The summed E-state index contributed by atoms with van der Waals surface area (Å²) in [6.07, 6.45) is 11.2. The fourth-order valence-electron chi connectivity index (χ4n) is 5.07. The van der Waals surface area contributed by atoms with Crippen LogP contribution in [0.15, 0.2) is 34.7 Å². The number of hydrogen-bond donors (Lipinski definition) is 1. The normalized spacial score (nSPS) is 25.3. The van der Waals surface area contributed by atoms with E-state index in [1.54, 1.807) is 0 Å². The molecule has 0 saturated heterocycles. The number of aryl methyl sites for hydroxylation is 1. The van der Waals surface area contributed by atoms with Gasteiger partial charge >= 0.3 is 0 Å². The van der Waals surface area contributed by atoms with Crippen molar-refractivity contribution in [2.24, 2.45) is 7.05 Å². The number of carbonyl (C=O) groups is 1. The van der Waals surface area contributed by atoms with Crippen LogP contribution in [0.4, 0.5) is 0 Å². The third kappa shape index (κ3) is 2.01.